The van der Waals surface area contributed by atoms with Gasteiger partial charge in [0.25, 0.3) is 0 Å². The van der Waals surface area contributed by atoms with Gasteiger partial charge in [0.05, 0.1) is 11.9 Å². The van der Waals surface area contributed by atoms with Crippen molar-refractivity contribution in [2.24, 2.45) is 5.92 Å². The first-order valence-electron chi connectivity index (χ1n) is 4.96. The average molecular weight is 221 g/mol. The van der Waals surface area contributed by atoms with Gasteiger partial charge in [0.1, 0.15) is 9.84 Å². The van der Waals surface area contributed by atoms with Crippen molar-refractivity contribution in [2.75, 3.05) is 31.6 Å². The van der Waals surface area contributed by atoms with Crippen LogP contribution in [0.5, 0.6) is 0 Å². The molecule has 1 N–H and O–H groups in total. The van der Waals surface area contributed by atoms with Crippen molar-refractivity contribution >= 4 is 9.84 Å². The molecular weight excluding hydrogens is 202 g/mol. The molecule has 0 aliphatic carbocycles. The first-order valence-corrected chi connectivity index (χ1v) is 7.02. The normalized spacial score (nSPS) is 26.6. The molecule has 0 bridgehead atoms. The summed E-state index contributed by atoms with van der Waals surface area (Å²) in [5, 5.41) is 9.35. The number of aliphatic hydroxyl groups is 1. The molecule has 0 radical (unpaired) electrons. The second kappa shape index (κ2) is 4.59. The monoisotopic (exact) mass is 221 g/mol. The van der Waals surface area contributed by atoms with E-state index in [0.29, 0.717) is 12.5 Å². The van der Waals surface area contributed by atoms with E-state index >= 15 is 0 Å². The van der Waals surface area contributed by atoms with Crippen LogP contribution < -0.4 is 0 Å². The highest BCUT2D eigenvalue weighted by Crippen LogP contribution is 2.19. The van der Waals surface area contributed by atoms with E-state index in [1.165, 1.54) is 6.26 Å². The molecule has 0 amide bonds. The lowest BCUT2D eigenvalue weighted by Gasteiger charge is -2.16. The maximum absolute atomic E-state index is 10.9. The maximum atomic E-state index is 10.9. The molecule has 5 heteroatoms. The molecule has 1 saturated heterocycles. The first-order chi connectivity index (χ1) is 6.38. The average Bonchev–Trinajstić information content (AvgIpc) is 2.47. The van der Waals surface area contributed by atoms with Gasteiger partial charge in [-0.2, -0.15) is 0 Å². The zero-order valence-electron chi connectivity index (χ0n) is 8.81. The Morgan fingerprint density at radius 2 is 2.21 bits per heavy atom. The lowest BCUT2D eigenvalue weighted by atomic mass is 10.0. The summed E-state index contributed by atoms with van der Waals surface area (Å²) in [5.74, 6) is 0.536. The zero-order chi connectivity index (χ0) is 10.8. The van der Waals surface area contributed by atoms with E-state index in [4.69, 9.17) is 0 Å². The fraction of sp³-hybridized carbons (Fsp3) is 1.00. The predicted molar refractivity (Wildman–Crippen MR) is 55.9 cm³/mol. The third-order valence-corrected chi connectivity index (χ3v) is 3.69. The van der Waals surface area contributed by atoms with Gasteiger partial charge in [-0.15, -0.1) is 0 Å². The molecule has 0 saturated carbocycles. The van der Waals surface area contributed by atoms with Crippen LogP contribution in [0.4, 0.5) is 0 Å². The fourth-order valence-electron chi connectivity index (χ4n) is 1.75. The minimum atomic E-state index is -2.85. The molecule has 0 aromatic rings. The summed E-state index contributed by atoms with van der Waals surface area (Å²) in [6, 6.07) is 0. The number of nitrogens with zero attached hydrogens (tertiary/aromatic N) is 1. The SMILES string of the molecule is CC(O)C1CCN(CCS(C)(=O)=O)C1. The van der Waals surface area contributed by atoms with Crippen LogP contribution in [0.25, 0.3) is 0 Å². The van der Waals surface area contributed by atoms with Crippen molar-refractivity contribution in [3.05, 3.63) is 0 Å². The largest absolute Gasteiger partial charge is 0.393 e. The highest BCUT2D eigenvalue weighted by atomic mass is 32.2. The van der Waals surface area contributed by atoms with Crippen LogP contribution >= 0.6 is 0 Å². The van der Waals surface area contributed by atoms with Crippen LogP contribution in [0.3, 0.4) is 0 Å². The molecule has 1 fully saturated rings. The second-order valence-electron chi connectivity index (χ2n) is 4.22. The Morgan fingerprint density at radius 3 is 2.64 bits per heavy atom. The predicted octanol–water partition coefficient (Wildman–Crippen LogP) is -0.266. The van der Waals surface area contributed by atoms with Crippen molar-refractivity contribution in [1.29, 1.82) is 0 Å². The molecule has 1 aliphatic rings. The van der Waals surface area contributed by atoms with Crippen LogP contribution in [-0.2, 0) is 9.84 Å². The third kappa shape index (κ3) is 3.94. The number of rotatable bonds is 4. The second-order valence-corrected chi connectivity index (χ2v) is 6.48. The summed E-state index contributed by atoms with van der Waals surface area (Å²) in [5.41, 5.74) is 0. The highest BCUT2D eigenvalue weighted by molar-refractivity contribution is 7.90. The van der Waals surface area contributed by atoms with Crippen molar-refractivity contribution in [3.8, 4) is 0 Å². The van der Waals surface area contributed by atoms with Gasteiger partial charge in [0.2, 0.25) is 0 Å². The van der Waals surface area contributed by atoms with Gasteiger partial charge in [-0.05, 0) is 25.8 Å². The number of aliphatic hydroxyl groups excluding tert-OH is 1. The standard InChI is InChI=1S/C9H19NO3S/c1-8(11)9-3-4-10(7-9)5-6-14(2,12)13/h8-9,11H,3-7H2,1-2H3. The number of hydrogen-bond acceptors (Lipinski definition) is 4. The van der Waals surface area contributed by atoms with E-state index in [1.807, 2.05) is 0 Å². The summed E-state index contributed by atoms with van der Waals surface area (Å²) < 4.78 is 21.9. The van der Waals surface area contributed by atoms with Gasteiger partial charge in [-0.3, -0.25) is 0 Å². The van der Waals surface area contributed by atoms with Gasteiger partial charge in [-0.1, -0.05) is 0 Å². The lowest BCUT2D eigenvalue weighted by Crippen LogP contribution is -2.28. The zero-order valence-corrected chi connectivity index (χ0v) is 9.63. The molecule has 1 rings (SSSR count). The summed E-state index contributed by atoms with van der Waals surface area (Å²) >= 11 is 0. The van der Waals surface area contributed by atoms with Crippen molar-refractivity contribution in [2.45, 2.75) is 19.4 Å². The minimum absolute atomic E-state index is 0.222. The molecule has 84 valence electrons. The third-order valence-electron chi connectivity index (χ3n) is 2.77. The molecule has 4 nitrogen and oxygen atoms in total. The summed E-state index contributed by atoms with van der Waals surface area (Å²) in [6.07, 6.45) is 1.95. The van der Waals surface area contributed by atoms with Crippen LogP contribution in [0.2, 0.25) is 0 Å². The van der Waals surface area contributed by atoms with Crippen LogP contribution in [0.15, 0.2) is 0 Å². The van der Waals surface area contributed by atoms with Gasteiger partial charge in [-0.25, -0.2) is 8.42 Å². The number of sulfone groups is 1. The topological polar surface area (TPSA) is 57.6 Å². The molecule has 0 aromatic carbocycles. The van der Waals surface area contributed by atoms with E-state index in [-0.39, 0.29) is 11.9 Å². The minimum Gasteiger partial charge on any atom is -0.393 e. The molecule has 2 unspecified atom stereocenters. The van der Waals surface area contributed by atoms with Crippen LogP contribution in [0.1, 0.15) is 13.3 Å². The summed E-state index contributed by atoms with van der Waals surface area (Å²) in [7, 11) is -2.85. The van der Waals surface area contributed by atoms with Gasteiger partial charge >= 0.3 is 0 Å². The van der Waals surface area contributed by atoms with Crippen molar-refractivity contribution in [3.63, 3.8) is 0 Å². The van der Waals surface area contributed by atoms with E-state index in [9.17, 15) is 13.5 Å². The number of likely N-dealkylation sites (tertiary alicyclic amines) is 1. The first kappa shape index (κ1) is 11.9. The van der Waals surface area contributed by atoms with Crippen molar-refractivity contribution < 1.29 is 13.5 Å². The Hall–Kier alpha value is -0.130. The fourth-order valence-corrected chi connectivity index (χ4v) is 2.34. The summed E-state index contributed by atoms with van der Waals surface area (Å²) in [4.78, 5) is 2.11. The molecule has 14 heavy (non-hydrogen) atoms. The molecule has 1 heterocycles. The Bertz CT molecular complexity index is 274. The molecule has 1 aliphatic heterocycles. The Kier molecular flexibility index (Phi) is 3.92. The van der Waals surface area contributed by atoms with Gasteiger partial charge in [0, 0.05) is 19.3 Å². The Labute approximate surface area is 85.8 Å². The number of hydrogen-bond donors (Lipinski definition) is 1. The van der Waals surface area contributed by atoms with E-state index < -0.39 is 9.84 Å². The molecule has 0 aromatic heterocycles. The maximum Gasteiger partial charge on any atom is 0.148 e. The van der Waals surface area contributed by atoms with Crippen LogP contribution in [-0.4, -0.2) is 56.2 Å². The molecule has 2 atom stereocenters. The van der Waals surface area contributed by atoms with Crippen LogP contribution in [0, 0.1) is 5.92 Å². The van der Waals surface area contributed by atoms with E-state index in [1.54, 1.807) is 6.92 Å². The lowest BCUT2D eigenvalue weighted by molar-refractivity contribution is 0.128. The summed E-state index contributed by atoms with van der Waals surface area (Å²) in [6.45, 7) is 4.13. The Balaban J connectivity index is 2.30. The quantitative estimate of drug-likeness (QED) is 0.710. The van der Waals surface area contributed by atoms with E-state index in [2.05, 4.69) is 4.90 Å². The van der Waals surface area contributed by atoms with Gasteiger partial charge < -0.3 is 10.0 Å². The van der Waals surface area contributed by atoms with Gasteiger partial charge in [0.15, 0.2) is 0 Å². The highest BCUT2D eigenvalue weighted by Gasteiger charge is 2.25. The Morgan fingerprint density at radius 1 is 1.57 bits per heavy atom. The molecular formula is C9H19NO3S. The smallest absolute Gasteiger partial charge is 0.148 e. The van der Waals surface area contributed by atoms with Crippen molar-refractivity contribution in [1.82, 2.24) is 4.90 Å². The van der Waals surface area contributed by atoms with E-state index in [0.717, 1.165) is 19.5 Å². The molecule has 0 spiro atoms.